The molecule has 124 valence electrons. The predicted octanol–water partition coefficient (Wildman–Crippen LogP) is 1.35. The molecule has 1 N–H and O–H groups in total. The molecule has 6 heteroatoms. The van der Waals surface area contributed by atoms with Crippen LogP contribution < -0.4 is 0 Å². The molecule has 1 aromatic rings. The van der Waals surface area contributed by atoms with Crippen molar-refractivity contribution >= 4 is 5.97 Å². The first-order chi connectivity index (χ1) is 11.2. The molecular weight excluding hydrogens is 300 g/mol. The van der Waals surface area contributed by atoms with Crippen LogP contribution in [0.3, 0.4) is 0 Å². The van der Waals surface area contributed by atoms with Gasteiger partial charge < -0.3 is 24.1 Å². The van der Waals surface area contributed by atoms with Crippen LogP contribution in [0.5, 0.6) is 0 Å². The number of ether oxygens (including phenoxy) is 4. The Balaban J connectivity index is 1.58. The second-order valence-electron chi connectivity index (χ2n) is 5.42. The number of hydrogen-bond acceptors (Lipinski definition) is 6. The number of benzene rings is 1. The summed E-state index contributed by atoms with van der Waals surface area (Å²) in [6, 6.07) is 9.54. The Kier molecular flexibility index (Phi) is 5.07. The number of aliphatic hydroxyl groups excluding tert-OH is 1. The van der Waals surface area contributed by atoms with E-state index in [0.717, 1.165) is 5.56 Å². The minimum Gasteiger partial charge on any atom is -0.463 e. The Morgan fingerprint density at radius 1 is 1.30 bits per heavy atom. The van der Waals surface area contributed by atoms with Crippen LogP contribution >= 0.6 is 0 Å². The molecule has 2 aliphatic rings. The van der Waals surface area contributed by atoms with Gasteiger partial charge in [-0.05, 0) is 13.0 Å². The fourth-order valence-electron chi connectivity index (χ4n) is 2.55. The Labute approximate surface area is 134 Å². The van der Waals surface area contributed by atoms with E-state index in [2.05, 4.69) is 0 Å². The molecule has 2 aliphatic heterocycles. The van der Waals surface area contributed by atoms with E-state index in [1.807, 2.05) is 30.3 Å². The Hall–Kier alpha value is -1.73. The molecule has 6 nitrogen and oxygen atoms in total. The average Bonchev–Trinajstić information content (AvgIpc) is 3.34. The van der Waals surface area contributed by atoms with Gasteiger partial charge in [-0.25, -0.2) is 4.79 Å². The van der Waals surface area contributed by atoms with Crippen molar-refractivity contribution in [2.75, 3.05) is 13.2 Å². The standard InChI is InChI=1S/C17H20O6/c1-2-20-14(19)9-8-13-16(22-13)15-12(18)10-21-17(23-15)11-6-4-3-5-7-11/h3-9,12-13,15-18H,2,10H2,1H3/b9-8-/t12-,13-,15-,16-,17-/m1/s1. The van der Waals surface area contributed by atoms with Crippen LogP contribution in [0, 0.1) is 0 Å². The lowest BCUT2D eigenvalue weighted by Crippen LogP contribution is -2.44. The van der Waals surface area contributed by atoms with Gasteiger partial charge >= 0.3 is 5.97 Å². The van der Waals surface area contributed by atoms with Gasteiger partial charge in [0.2, 0.25) is 0 Å². The van der Waals surface area contributed by atoms with Gasteiger partial charge in [-0.3, -0.25) is 0 Å². The molecule has 0 saturated carbocycles. The first-order valence-corrected chi connectivity index (χ1v) is 7.69. The van der Waals surface area contributed by atoms with Crippen LogP contribution in [0.1, 0.15) is 18.8 Å². The molecule has 1 aromatic carbocycles. The summed E-state index contributed by atoms with van der Waals surface area (Å²) in [6.07, 6.45) is 0.648. The highest BCUT2D eigenvalue weighted by molar-refractivity contribution is 5.82. The van der Waals surface area contributed by atoms with Gasteiger partial charge in [0.15, 0.2) is 6.29 Å². The zero-order chi connectivity index (χ0) is 16.2. The molecule has 0 amide bonds. The van der Waals surface area contributed by atoms with Crippen molar-refractivity contribution in [1.82, 2.24) is 0 Å². The number of epoxide rings is 1. The van der Waals surface area contributed by atoms with E-state index in [9.17, 15) is 9.90 Å². The van der Waals surface area contributed by atoms with E-state index in [-0.39, 0.29) is 18.8 Å². The van der Waals surface area contributed by atoms with E-state index in [4.69, 9.17) is 18.9 Å². The molecule has 0 unspecified atom stereocenters. The van der Waals surface area contributed by atoms with Crippen molar-refractivity contribution < 1.29 is 28.8 Å². The minimum atomic E-state index is -0.763. The molecule has 0 aromatic heterocycles. The molecule has 0 aliphatic carbocycles. The molecule has 2 fully saturated rings. The van der Waals surface area contributed by atoms with Crippen molar-refractivity contribution in [3.63, 3.8) is 0 Å². The lowest BCUT2D eigenvalue weighted by atomic mass is 10.1. The zero-order valence-corrected chi connectivity index (χ0v) is 12.8. The van der Waals surface area contributed by atoms with Gasteiger partial charge in [-0.2, -0.15) is 0 Å². The summed E-state index contributed by atoms with van der Waals surface area (Å²) < 4.78 is 21.7. The largest absolute Gasteiger partial charge is 0.463 e. The molecule has 5 atom stereocenters. The lowest BCUT2D eigenvalue weighted by molar-refractivity contribution is -0.260. The van der Waals surface area contributed by atoms with Crippen LogP contribution in [0.4, 0.5) is 0 Å². The van der Waals surface area contributed by atoms with Gasteiger partial charge in [0.05, 0.1) is 13.2 Å². The lowest BCUT2D eigenvalue weighted by Gasteiger charge is -2.33. The highest BCUT2D eigenvalue weighted by atomic mass is 16.7. The van der Waals surface area contributed by atoms with Crippen molar-refractivity contribution in [2.45, 2.75) is 37.6 Å². The van der Waals surface area contributed by atoms with E-state index in [0.29, 0.717) is 6.61 Å². The molecule has 0 radical (unpaired) electrons. The van der Waals surface area contributed by atoms with Gasteiger partial charge in [-0.15, -0.1) is 0 Å². The summed E-state index contributed by atoms with van der Waals surface area (Å²) in [7, 11) is 0. The predicted molar refractivity (Wildman–Crippen MR) is 80.4 cm³/mol. The fourth-order valence-corrected chi connectivity index (χ4v) is 2.55. The summed E-state index contributed by atoms with van der Waals surface area (Å²) in [5.74, 6) is -0.405. The van der Waals surface area contributed by atoms with Crippen LogP contribution in [0.25, 0.3) is 0 Å². The van der Waals surface area contributed by atoms with Crippen LogP contribution in [0.15, 0.2) is 42.5 Å². The fraction of sp³-hybridized carbons (Fsp3) is 0.471. The van der Waals surface area contributed by atoms with E-state index in [1.54, 1.807) is 13.0 Å². The number of aliphatic hydroxyl groups is 1. The van der Waals surface area contributed by atoms with Crippen molar-refractivity contribution in [3.05, 3.63) is 48.0 Å². The highest BCUT2D eigenvalue weighted by Gasteiger charge is 2.50. The Bertz CT molecular complexity index is 557. The maximum atomic E-state index is 11.3. The third-order valence-electron chi connectivity index (χ3n) is 3.74. The molecule has 2 heterocycles. The van der Waals surface area contributed by atoms with Crippen LogP contribution in [-0.2, 0) is 23.7 Å². The molecule has 23 heavy (non-hydrogen) atoms. The number of hydrogen-bond donors (Lipinski definition) is 1. The first kappa shape index (κ1) is 16.1. The topological polar surface area (TPSA) is 77.5 Å². The van der Waals surface area contributed by atoms with E-state index < -0.39 is 24.5 Å². The second kappa shape index (κ2) is 7.23. The van der Waals surface area contributed by atoms with Gasteiger partial charge in [-0.1, -0.05) is 30.3 Å². The maximum Gasteiger partial charge on any atom is 0.330 e. The van der Waals surface area contributed by atoms with Crippen LogP contribution in [0.2, 0.25) is 0 Å². The minimum absolute atomic E-state index is 0.179. The number of carbonyl (C=O) groups is 1. The van der Waals surface area contributed by atoms with Crippen molar-refractivity contribution in [2.24, 2.45) is 0 Å². The van der Waals surface area contributed by atoms with E-state index in [1.165, 1.54) is 6.08 Å². The molecule has 0 spiro atoms. The molecule has 0 bridgehead atoms. The summed E-state index contributed by atoms with van der Waals surface area (Å²) >= 11 is 0. The molecule has 2 saturated heterocycles. The SMILES string of the molecule is CCOC(=O)/C=C\[C@H]1O[C@H]1[C@@H]1O[C@H](c2ccccc2)OC[C@H]1O. The number of rotatable bonds is 5. The van der Waals surface area contributed by atoms with Crippen molar-refractivity contribution in [3.8, 4) is 0 Å². The normalized spacial score (nSPS) is 33.6. The average molecular weight is 320 g/mol. The summed E-state index contributed by atoms with van der Waals surface area (Å²) in [4.78, 5) is 11.3. The Morgan fingerprint density at radius 2 is 2.09 bits per heavy atom. The number of carbonyl (C=O) groups excluding carboxylic acids is 1. The van der Waals surface area contributed by atoms with Crippen LogP contribution in [-0.4, -0.2) is 48.7 Å². The maximum absolute atomic E-state index is 11.3. The molecular formula is C17H20O6. The summed E-state index contributed by atoms with van der Waals surface area (Å²) in [5, 5.41) is 10.1. The van der Waals surface area contributed by atoms with Gasteiger partial charge in [0.1, 0.15) is 24.4 Å². The van der Waals surface area contributed by atoms with E-state index >= 15 is 0 Å². The first-order valence-electron chi connectivity index (χ1n) is 7.69. The van der Waals surface area contributed by atoms with Gasteiger partial charge in [0.25, 0.3) is 0 Å². The summed E-state index contributed by atoms with van der Waals surface area (Å²) in [6.45, 7) is 2.26. The Morgan fingerprint density at radius 3 is 2.83 bits per heavy atom. The number of esters is 1. The zero-order valence-electron chi connectivity index (χ0n) is 12.8. The third kappa shape index (κ3) is 3.97. The van der Waals surface area contributed by atoms with Crippen molar-refractivity contribution in [1.29, 1.82) is 0 Å². The third-order valence-corrected chi connectivity index (χ3v) is 3.74. The van der Waals surface area contributed by atoms with Gasteiger partial charge in [0, 0.05) is 11.6 Å². The molecule has 3 rings (SSSR count). The highest BCUT2D eigenvalue weighted by Crippen LogP contribution is 2.36. The smallest absolute Gasteiger partial charge is 0.330 e. The second-order valence-corrected chi connectivity index (χ2v) is 5.42. The monoisotopic (exact) mass is 320 g/mol. The quantitative estimate of drug-likeness (QED) is 0.501. The summed E-state index contributed by atoms with van der Waals surface area (Å²) in [5.41, 5.74) is 0.892.